The smallest absolute Gasteiger partial charge is 0.270 e. The number of hydrogen-bond donors (Lipinski definition) is 0. The van der Waals surface area contributed by atoms with E-state index in [0.717, 1.165) is 29.8 Å². The molecular formula is C20H19N5O4S. The quantitative estimate of drug-likeness (QED) is 0.347. The fourth-order valence-electron chi connectivity index (χ4n) is 3.41. The summed E-state index contributed by atoms with van der Waals surface area (Å²) in [6, 6.07) is 12.0. The Balaban J connectivity index is 1.52. The van der Waals surface area contributed by atoms with Gasteiger partial charge in [-0.2, -0.15) is 0 Å². The molecule has 4 rings (SSSR count). The Hall–Kier alpha value is -3.24. The first-order valence-corrected chi connectivity index (χ1v) is 11.2. The average Bonchev–Trinajstić information content (AvgIpc) is 2.73. The Labute approximate surface area is 173 Å². The van der Waals surface area contributed by atoms with Gasteiger partial charge in [0, 0.05) is 61.8 Å². The van der Waals surface area contributed by atoms with Gasteiger partial charge in [-0.15, -0.1) is 0 Å². The van der Waals surface area contributed by atoms with Crippen molar-refractivity contribution < 1.29 is 13.3 Å². The molecule has 3 heterocycles. The van der Waals surface area contributed by atoms with Gasteiger partial charge in [0.15, 0.2) is 0 Å². The maximum atomic E-state index is 11.7. The molecule has 0 saturated heterocycles. The van der Waals surface area contributed by atoms with Crippen LogP contribution in [0.2, 0.25) is 0 Å². The second-order valence-electron chi connectivity index (χ2n) is 7.18. The molecule has 3 aromatic rings. The predicted octanol–water partition coefficient (Wildman–Crippen LogP) is 2.41. The number of nitro groups is 1. The molecule has 0 atom stereocenters. The molecule has 30 heavy (non-hydrogen) atoms. The number of non-ortho nitro benzene ring substituents is 1. The van der Waals surface area contributed by atoms with Gasteiger partial charge in [-0.3, -0.25) is 20.0 Å². The minimum Gasteiger partial charge on any atom is -0.293 e. The van der Waals surface area contributed by atoms with E-state index in [9.17, 15) is 18.5 Å². The van der Waals surface area contributed by atoms with E-state index in [1.165, 1.54) is 12.1 Å². The number of hydrogen-bond acceptors (Lipinski definition) is 8. The van der Waals surface area contributed by atoms with Crippen molar-refractivity contribution in [2.75, 3.05) is 12.8 Å². The van der Waals surface area contributed by atoms with E-state index in [-0.39, 0.29) is 10.8 Å². The molecule has 1 aromatic carbocycles. The summed E-state index contributed by atoms with van der Waals surface area (Å²) in [6.45, 7) is 1.91. The van der Waals surface area contributed by atoms with Crippen molar-refractivity contribution in [3.63, 3.8) is 0 Å². The van der Waals surface area contributed by atoms with Crippen molar-refractivity contribution >= 4 is 15.5 Å². The lowest BCUT2D eigenvalue weighted by atomic mass is 10.1. The van der Waals surface area contributed by atoms with Gasteiger partial charge < -0.3 is 0 Å². The van der Waals surface area contributed by atoms with Crippen LogP contribution >= 0.6 is 0 Å². The maximum Gasteiger partial charge on any atom is 0.270 e. The van der Waals surface area contributed by atoms with Crippen LogP contribution < -0.4 is 0 Å². The summed E-state index contributed by atoms with van der Waals surface area (Å²) in [5, 5.41) is 10.9. The zero-order valence-electron chi connectivity index (χ0n) is 16.2. The zero-order valence-corrected chi connectivity index (χ0v) is 17.0. The van der Waals surface area contributed by atoms with Crippen LogP contribution in [0, 0.1) is 10.1 Å². The molecule has 0 fully saturated rings. The number of nitrogens with zero attached hydrogens (tertiary/aromatic N) is 5. The predicted molar refractivity (Wildman–Crippen MR) is 109 cm³/mol. The lowest BCUT2D eigenvalue weighted by molar-refractivity contribution is -0.384. The highest BCUT2D eigenvalue weighted by Crippen LogP contribution is 2.24. The van der Waals surface area contributed by atoms with E-state index < -0.39 is 14.8 Å². The van der Waals surface area contributed by atoms with Crippen molar-refractivity contribution in [2.45, 2.75) is 24.7 Å². The van der Waals surface area contributed by atoms with Gasteiger partial charge in [0.1, 0.15) is 0 Å². The molecule has 10 heteroatoms. The summed E-state index contributed by atoms with van der Waals surface area (Å²) in [4.78, 5) is 25.6. The first kappa shape index (κ1) is 20.0. The van der Waals surface area contributed by atoms with Crippen molar-refractivity contribution in [2.24, 2.45) is 0 Å². The van der Waals surface area contributed by atoms with Crippen LogP contribution in [-0.2, 0) is 29.3 Å². The zero-order chi connectivity index (χ0) is 21.3. The molecule has 0 bridgehead atoms. The molecule has 0 saturated carbocycles. The molecule has 0 spiro atoms. The third-order valence-corrected chi connectivity index (χ3v) is 5.73. The van der Waals surface area contributed by atoms with Gasteiger partial charge in [0.25, 0.3) is 5.69 Å². The van der Waals surface area contributed by atoms with Crippen LogP contribution in [0.25, 0.3) is 11.3 Å². The lowest BCUT2D eigenvalue weighted by Crippen LogP contribution is -2.31. The van der Waals surface area contributed by atoms with E-state index in [0.29, 0.717) is 30.8 Å². The van der Waals surface area contributed by atoms with E-state index in [1.807, 2.05) is 18.2 Å². The van der Waals surface area contributed by atoms with Crippen molar-refractivity contribution in [3.05, 3.63) is 75.7 Å². The highest BCUT2D eigenvalue weighted by molar-refractivity contribution is 7.90. The first-order valence-electron chi connectivity index (χ1n) is 9.27. The van der Waals surface area contributed by atoms with Gasteiger partial charge in [-0.05, 0) is 12.1 Å². The Morgan fingerprint density at radius 2 is 1.97 bits per heavy atom. The molecule has 0 N–H and O–H groups in total. The number of benzene rings is 1. The molecule has 9 nitrogen and oxygen atoms in total. The summed E-state index contributed by atoms with van der Waals surface area (Å²) in [5.41, 5.74) is 3.91. The van der Waals surface area contributed by atoms with Gasteiger partial charge in [-0.1, -0.05) is 18.2 Å². The van der Waals surface area contributed by atoms with Gasteiger partial charge in [0.2, 0.25) is 15.0 Å². The molecule has 2 aromatic heterocycles. The number of sulfone groups is 1. The molecule has 1 aliphatic heterocycles. The topological polar surface area (TPSA) is 119 Å². The molecule has 1 aliphatic rings. The van der Waals surface area contributed by atoms with Crippen molar-refractivity contribution in [3.8, 4) is 11.3 Å². The van der Waals surface area contributed by atoms with Gasteiger partial charge in [-0.25, -0.2) is 18.4 Å². The fourth-order valence-corrected chi connectivity index (χ4v) is 3.93. The Kier molecular flexibility index (Phi) is 5.27. The van der Waals surface area contributed by atoms with E-state index >= 15 is 0 Å². The summed E-state index contributed by atoms with van der Waals surface area (Å²) in [5.74, 6) is 0. The third-order valence-electron chi connectivity index (χ3n) is 4.87. The number of rotatable bonds is 5. The minimum absolute atomic E-state index is 0.0285. The Morgan fingerprint density at radius 1 is 1.17 bits per heavy atom. The van der Waals surface area contributed by atoms with Crippen molar-refractivity contribution in [1.82, 2.24) is 19.9 Å². The van der Waals surface area contributed by atoms with E-state index in [2.05, 4.69) is 19.9 Å². The lowest BCUT2D eigenvalue weighted by Gasteiger charge is -2.27. The average molecular weight is 425 g/mol. The molecule has 0 amide bonds. The van der Waals surface area contributed by atoms with Crippen molar-refractivity contribution in [1.29, 1.82) is 0 Å². The molecule has 0 radical (unpaired) electrons. The molecular weight excluding hydrogens is 406 g/mol. The summed E-state index contributed by atoms with van der Waals surface area (Å²) in [7, 11) is -3.43. The standard InChI is InChI=1S/C20H19N5O4S/c1-30(28,29)20-21-11-15-12-24(9-8-19(15)23-20)13-16-5-3-7-18(22-16)14-4-2-6-17(10-14)25(26)27/h2-7,10-11H,8-9,12-13H2,1H3. The van der Waals surface area contributed by atoms with Crippen LogP contribution in [0.1, 0.15) is 17.0 Å². The van der Waals surface area contributed by atoms with Crippen LogP contribution in [0.15, 0.2) is 53.8 Å². The maximum absolute atomic E-state index is 11.7. The number of aromatic nitrogens is 3. The van der Waals surface area contributed by atoms with Gasteiger partial charge in [0.05, 0.1) is 22.0 Å². The molecule has 0 aliphatic carbocycles. The third kappa shape index (κ3) is 4.34. The van der Waals surface area contributed by atoms with Crippen LogP contribution in [-0.4, -0.2) is 46.0 Å². The van der Waals surface area contributed by atoms with Crippen LogP contribution in [0.4, 0.5) is 5.69 Å². The van der Waals surface area contributed by atoms with E-state index in [1.54, 1.807) is 18.3 Å². The molecule has 0 unspecified atom stereocenters. The summed E-state index contributed by atoms with van der Waals surface area (Å²) >= 11 is 0. The largest absolute Gasteiger partial charge is 0.293 e. The number of pyridine rings is 1. The second-order valence-corrected chi connectivity index (χ2v) is 9.09. The second kappa shape index (κ2) is 7.88. The highest BCUT2D eigenvalue weighted by atomic mass is 32.2. The highest BCUT2D eigenvalue weighted by Gasteiger charge is 2.21. The SMILES string of the molecule is CS(=O)(=O)c1ncc2c(n1)CCN(Cc1cccc(-c3cccc([N+](=O)[O-])c3)n1)C2. The summed E-state index contributed by atoms with van der Waals surface area (Å²) in [6.07, 6.45) is 3.31. The normalized spacial score (nSPS) is 14.3. The fraction of sp³-hybridized carbons (Fsp3) is 0.250. The van der Waals surface area contributed by atoms with Crippen LogP contribution in [0.3, 0.4) is 0 Å². The van der Waals surface area contributed by atoms with Gasteiger partial charge >= 0.3 is 0 Å². The summed E-state index contributed by atoms with van der Waals surface area (Å²) < 4.78 is 23.3. The first-order chi connectivity index (χ1) is 14.3. The van der Waals surface area contributed by atoms with Crippen LogP contribution in [0.5, 0.6) is 0 Å². The number of nitro benzene ring substituents is 1. The van der Waals surface area contributed by atoms with E-state index in [4.69, 9.17) is 0 Å². The number of fused-ring (bicyclic) bond motifs is 1. The Morgan fingerprint density at radius 3 is 2.73 bits per heavy atom. The Bertz CT molecular complexity index is 1230. The minimum atomic E-state index is -3.43. The molecule has 154 valence electrons. The monoisotopic (exact) mass is 425 g/mol.